The number of nitrogens with zero attached hydrogens (tertiary/aromatic N) is 3. The van der Waals surface area contributed by atoms with Crippen molar-refractivity contribution >= 4 is 28.0 Å². The number of ether oxygens (including phenoxy) is 1. The Hall–Kier alpha value is -2.41. The molecular formula is C21H27N5O2. The molecule has 0 aromatic carbocycles. The van der Waals surface area contributed by atoms with E-state index in [1.54, 1.807) is 0 Å². The van der Waals surface area contributed by atoms with Crippen LogP contribution in [0.25, 0.3) is 22.1 Å². The zero-order chi connectivity index (χ0) is 18.9. The summed E-state index contributed by atoms with van der Waals surface area (Å²) in [5, 5.41) is 4.43. The zero-order valence-electron chi connectivity index (χ0n) is 16.1. The molecule has 1 saturated carbocycles. The highest BCUT2D eigenvalue weighted by molar-refractivity contribution is 6.00. The molecule has 0 spiro atoms. The second-order valence-corrected chi connectivity index (χ2v) is 8.20. The molecule has 1 aliphatic carbocycles. The third-order valence-electron chi connectivity index (χ3n) is 6.37. The first-order chi connectivity index (χ1) is 13.8. The van der Waals surface area contributed by atoms with Crippen LogP contribution in [0.2, 0.25) is 0 Å². The van der Waals surface area contributed by atoms with Crippen molar-refractivity contribution in [1.82, 2.24) is 24.8 Å². The van der Waals surface area contributed by atoms with E-state index in [1.165, 1.54) is 5.52 Å². The minimum Gasteiger partial charge on any atom is -0.462 e. The first-order valence-electron chi connectivity index (χ1n) is 10.5. The highest BCUT2D eigenvalue weighted by atomic mass is 16.5. The highest BCUT2D eigenvalue weighted by Gasteiger charge is 2.27. The van der Waals surface area contributed by atoms with Gasteiger partial charge in [-0.05, 0) is 63.6 Å². The summed E-state index contributed by atoms with van der Waals surface area (Å²) in [6, 6.07) is 2.51. The standard InChI is InChI=1S/C21H27N5O2/c27-19(28-16-5-8-22-9-6-16)11-14-1-3-15(4-2-14)26-13-25-18-12-24-21-17(20(18)26)7-10-23-21/h7,10,12-16,22H,1-6,8-9,11H2,(H,23,24). The van der Waals surface area contributed by atoms with Crippen LogP contribution >= 0.6 is 0 Å². The molecule has 0 bridgehead atoms. The van der Waals surface area contributed by atoms with Crippen molar-refractivity contribution < 1.29 is 9.53 Å². The van der Waals surface area contributed by atoms with Crippen LogP contribution in [0.5, 0.6) is 0 Å². The summed E-state index contributed by atoms with van der Waals surface area (Å²) in [5.74, 6) is 0.428. The van der Waals surface area contributed by atoms with E-state index in [4.69, 9.17) is 4.74 Å². The predicted octanol–water partition coefficient (Wildman–Crippen LogP) is 3.33. The van der Waals surface area contributed by atoms with E-state index in [2.05, 4.69) is 30.9 Å². The van der Waals surface area contributed by atoms with Gasteiger partial charge in [0.1, 0.15) is 17.3 Å². The normalized spacial score (nSPS) is 24.0. The number of rotatable bonds is 4. The molecule has 1 saturated heterocycles. The Morgan fingerprint density at radius 3 is 2.79 bits per heavy atom. The Balaban J connectivity index is 1.22. The number of hydrogen-bond donors (Lipinski definition) is 2. The van der Waals surface area contributed by atoms with Crippen LogP contribution in [0.4, 0.5) is 0 Å². The third kappa shape index (κ3) is 3.39. The van der Waals surface area contributed by atoms with Crippen LogP contribution in [-0.2, 0) is 9.53 Å². The van der Waals surface area contributed by atoms with Crippen molar-refractivity contribution in [2.75, 3.05) is 13.1 Å². The van der Waals surface area contributed by atoms with E-state index in [1.807, 2.05) is 18.7 Å². The molecule has 0 radical (unpaired) electrons. The molecule has 1 aliphatic heterocycles. The number of aromatic nitrogens is 4. The fourth-order valence-corrected chi connectivity index (χ4v) is 4.82. The Bertz CT molecular complexity index is 964. The van der Waals surface area contributed by atoms with Crippen molar-refractivity contribution in [1.29, 1.82) is 0 Å². The van der Waals surface area contributed by atoms with Gasteiger partial charge in [-0.3, -0.25) is 4.79 Å². The number of imidazole rings is 1. The predicted molar refractivity (Wildman–Crippen MR) is 107 cm³/mol. The van der Waals surface area contributed by atoms with Gasteiger partial charge >= 0.3 is 5.97 Å². The average Bonchev–Trinajstić information content (AvgIpc) is 3.35. The molecule has 148 valence electrons. The summed E-state index contributed by atoms with van der Waals surface area (Å²) in [7, 11) is 0. The monoisotopic (exact) mass is 381 g/mol. The maximum absolute atomic E-state index is 12.3. The van der Waals surface area contributed by atoms with Gasteiger partial charge < -0.3 is 19.6 Å². The van der Waals surface area contributed by atoms with Crippen LogP contribution in [0.1, 0.15) is 51.0 Å². The lowest BCUT2D eigenvalue weighted by atomic mass is 9.84. The lowest BCUT2D eigenvalue weighted by molar-refractivity contribution is -0.151. The number of hydrogen-bond acceptors (Lipinski definition) is 5. The number of esters is 1. The Morgan fingerprint density at radius 2 is 1.96 bits per heavy atom. The molecule has 2 fully saturated rings. The smallest absolute Gasteiger partial charge is 0.306 e. The number of aromatic amines is 1. The molecule has 0 amide bonds. The molecule has 28 heavy (non-hydrogen) atoms. The quantitative estimate of drug-likeness (QED) is 0.677. The van der Waals surface area contributed by atoms with Gasteiger partial charge in [0, 0.05) is 24.0 Å². The van der Waals surface area contributed by atoms with Crippen molar-refractivity contribution in [2.45, 2.75) is 57.1 Å². The minimum atomic E-state index is -0.0106. The zero-order valence-corrected chi connectivity index (χ0v) is 16.1. The molecule has 5 rings (SSSR count). The number of carbonyl (C=O) groups is 1. The summed E-state index contributed by atoms with van der Waals surface area (Å²) < 4.78 is 8.00. The van der Waals surface area contributed by atoms with Gasteiger partial charge in [0.05, 0.1) is 18.0 Å². The third-order valence-corrected chi connectivity index (χ3v) is 6.37. The van der Waals surface area contributed by atoms with Gasteiger partial charge in [-0.25, -0.2) is 9.97 Å². The number of H-pyrrole nitrogens is 1. The largest absolute Gasteiger partial charge is 0.462 e. The van der Waals surface area contributed by atoms with E-state index >= 15 is 0 Å². The van der Waals surface area contributed by atoms with Gasteiger partial charge in [-0.2, -0.15) is 0 Å². The number of fused-ring (bicyclic) bond motifs is 3. The minimum absolute atomic E-state index is 0.0106. The number of piperidine rings is 1. The topological polar surface area (TPSA) is 84.8 Å². The van der Waals surface area contributed by atoms with Crippen LogP contribution in [0, 0.1) is 5.92 Å². The lowest BCUT2D eigenvalue weighted by Crippen LogP contribution is -2.34. The molecule has 4 heterocycles. The van der Waals surface area contributed by atoms with E-state index in [-0.39, 0.29) is 12.1 Å². The number of carbonyl (C=O) groups excluding carboxylic acids is 1. The average molecular weight is 381 g/mol. The number of pyridine rings is 1. The second kappa shape index (κ2) is 7.54. The lowest BCUT2D eigenvalue weighted by Gasteiger charge is -2.30. The summed E-state index contributed by atoms with van der Waals surface area (Å²) in [6.07, 6.45) is 12.5. The van der Waals surface area contributed by atoms with E-state index < -0.39 is 0 Å². The summed E-state index contributed by atoms with van der Waals surface area (Å²) in [6.45, 7) is 1.90. The van der Waals surface area contributed by atoms with Gasteiger partial charge in [-0.1, -0.05) is 0 Å². The van der Waals surface area contributed by atoms with Crippen LogP contribution in [-0.4, -0.2) is 44.7 Å². The highest BCUT2D eigenvalue weighted by Crippen LogP contribution is 2.36. The van der Waals surface area contributed by atoms with Gasteiger partial charge in [0.25, 0.3) is 0 Å². The SMILES string of the molecule is O=C(CC1CCC(n2cnc3cnc4[nH]ccc4c32)CC1)OC1CCNCC1. The molecule has 7 nitrogen and oxygen atoms in total. The second-order valence-electron chi connectivity index (χ2n) is 8.20. The molecule has 7 heteroatoms. The van der Waals surface area contributed by atoms with E-state index in [9.17, 15) is 4.79 Å². The van der Waals surface area contributed by atoms with Gasteiger partial charge in [-0.15, -0.1) is 0 Å². The molecule has 2 N–H and O–H groups in total. The van der Waals surface area contributed by atoms with E-state index in [0.717, 1.165) is 68.2 Å². The first kappa shape index (κ1) is 17.7. The molecule has 0 atom stereocenters. The molecule has 3 aromatic heterocycles. The first-order valence-corrected chi connectivity index (χ1v) is 10.5. The molecular weight excluding hydrogens is 354 g/mol. The molecule has 3 aromatic rings. The fraction of sp³-hybridized carbons (Fsp3) is 0.571. The van der Waals surface area contributed by atoms with Crippen molar-refractivity contribution in [3.63, 3.8) is 0 Å². The van der Waals surface area contributed by atoms with Crippen molar-refractivity contribution in [3.05, 3.63) is 24.8 Å². The Labute approximate surface area is 163 Å². The van der Waals surface area contributed by atoms with Gasteiger partial charge in [0.2, 0.25) is 0 Å². The number of nitrogens with one attached hydrogen (secondary N) is 2. The summed E-state index contributed by atoms with van der Waals surface area (Å²) in [4.78, 5) is 24.5. The van der Waals surface area contributed by atoms with Crippen LogP contribution < -0.4 is 5.32 Å². The van der Waals surface area contributed by atoms with Crippen LogP contribution in [0.3, 0.4) is 0 Å². The Morgan fingerprint density at radius 1 is 1.14 bits per heavy atom. The van der Waals surface area contributed by atoms with Gasteiger partial charge in [0.15, 0.2) is 0 Å². The molecule has 2 aliphatic rings. The maximum Gasteiger partial charge on any atom is 0.306 e. The fourth-order valence-electron chi connectivity index (χ4n) is 4.82. The van der Waals surface area contributed by atoms with Crippen molar-refractivity contribution in [2.24, 2.45) is 5.92 Å². The van der Waals surface area contributed by atoms with Crippen LogP contribution in [0.15, 0.2) is 24.8 Å². The Kier molecular flexibility index (Phi) is 4.76. The maximum atomic E-state index is 12.3. The summed E-state index contributed by atoms with van der Waals surface area (Å²) in [5.41, 5.74) is 3.02. The van der Waals surface area contributed by atoms with Crippen molar-refractivity contribution in [3.8, 4) is 0 Å². The molecule has 0 unspecified atom stereocenters. The summed E-state index contributed by atoms with van der Waals surface area (Å²) >= 11 is 0. The van der Waals surface area contributed by atoms with E-state index in [0.29, 0.717) is 18.4 Å².